The fraction of sp³-hybridized carbons (Fsp3) is 0.226. The fourth-order valence-corrected chi connectivity index (χ4v) is 4.77. The van der Waals surface area contributed by atoms with Crippen LogP contribution in [0.5, 0.6) is 0 Å². The van der Waals surface area contributed by atoms with Crippen LogP contribution in [0.2, 0.25) is 0 Å². The molecule has 43 heavy (non-hydrogen) atoms. The Morgan fingerprint density at radius 2 is 1.58 bits per heavy atom. The molecule has 0 aliphatic heterocycles. The van der Waals surface area contributed by atoms with Crippen LogP contribution in [0.4, 0.5) is 26.3 Å². The second-order valence-electron chi connectivity index (χ2n) is 10.3. The van der Waals surface area contributed by atoms with Crippen molar-refractivity contribution in [3.63, 3.8) is 0 Å². The molecule has 0 bridgehead atoms. The van der Waals surface area contributed by atoms with E-state index < -0.39 is 41.7 Å². The van der Waals surface area contributed by atoms with Crippen LogP contribution in [0, 0.1) is 5.82 Å². The minimum Gasteiger partial charge on any atom is -0.454 e. The van der Waals surface area contributed by atoms with Crippen molar-refractivity contribution in [3.05, 3.63) is 83.8 Å². The predicted octanol–water partition coefficient (Wildman–Crippen LogP) is 7.50. The molecule has 2 heterocycles. The van der Waals surface area contributed by atoms with Crippen molar-refractivity contribution < 1.29 is 40.3 Å². The number of benzene rings is 3. The zero-order valence-corrected chi connectivity index (χ0v) is 23.1. The largest absolute Gasteiger partial charge is 0.454 e. The van der Waals surface area contributed by atoms with Gasteiger partial charge in [-0.1, -0.05) is 12.1 Å². The zero-order chi connectivity index (χ0) is 31.3. The van der Waals surface area contributed by atoms with E-state index in [2.05, 4.69) is 10.3 Å². The third kappa shape index (κ3) is 5.10. The number of rotatable bonds is 8. The van der Waals surface area contributed by atoms with Gasteiger partial charge in [0.15, 0.2) is 0 Å². The Hall–Kier alpha value is -4.74. The SMILES string of the molecule is CNC(=O)c1c(-c2ccc(F)cc2)oc2c1cc(-c1cccc(C(=O)NCC(F)(F)C(C)(F)C(C)(F)F)c1)c1[nH]ccc12. The minimum atomic E-state index is -4.57. The van der Waals surface area contributed by atoms with E-state index in [-0.39, 0.29) is 30.7 Å². The molecule has 0 aliphatic carbocycles. The second kappa shape index (κ2) is 10.5. The molecule has 1 unspecified atom stereocenters. The molecule has 0 saturated heterocycles. The van der Waals surface area contributed by atoms with Crippen molar-refractivity contribution in [2.24, 2.45) is 0 Å². The van der Waals surface area contributed by atoms with E-state index in [9.17, 15) is 35.9 Å². The molecule has 2 aromatic heterocycles. The Kier molecular flexibility index (Phi) is 7.27. The van der Waals surface area contributed by atoms with E-state index in [0.717, 1.165) is 0 Å². The third-order valence-electron chi connectivity index (χ3n) is 7.47. The van der Waals surface area contributed by atoms with Gasteiger partial charge in [-0.05, 0) is 61.0 Å². The van der Waals surface area contributed by atoms with E-state index in [1.54, 1.807) is 24.4 Å². The molecular formula is C31H25F6N3O3. The van der Waals surface area contributed by atoms with Crippen molar-refractivity contribution >= 4 is 33.7 Å². The Morgan fingerprint density at radius 1 is 0.884 bits per heavy atom. The van der Waals surface area contributed by atoms with Crippen LogP contribution in [0.1, 0.15) is 34.6 Å². The third-order valence-corrected chi connectivity index (χ3v) is 7.47. The summed E-state index contributed by atoms with van der Waals surface area (Å²) in [5.74, 6) is -10.7. The summed E-state index contributed by atoms with van der Waals surface area (Å²) in [6.45, 7) is -1.53. The van der Waals surface area contributed by atoms with Gasteiger partial charge in [-0.3, -0.25) is 9.59 Å². The monoisotopic (exact) mass is 601 g/mol. The summed E-state index contributed by atoms with van der Waals surface area (Å²) in [6.07, 6.45) is 1.64. The number of carbonyl (C=O) groups excluding carboxylic acids is 2. The first-order valence-corrected chi connectivity index (χ1v) is 13.0. The lowest BCUT2D eigenvalue weighted by molar-refractivity contribution is -0.228. The average molecular weight is 602 g/mol. The first kappa shape index (κ1) is 29.7. The number of furan rings is 1. The highest BCUT2D eigenvalue weighted by atomic mass is 19.3. The fourth-order valence-electron chi connectivity index (χ4n) is 4.77. The van der Waals surface area contributed by atoms with Gasteiger partial charge in [-0.25, -0.2) is 26.3 Å². The van der Waals surface area contributed by atoms with Crippen LogP contribution in [0.15, 0.2) is 71.3 Å². The standard InChI is InChI=1S/C31H25F6N3O3/c1-29(33,30(2,34)35)31(36,37)15-40-27(41)18-6-4-5-17(13-18)21-14-22-23(28(42)38-3)25(16-7-9-19(32)10-8-16)43-26(22)20-11-12-39-24(20)21/h4-14,39H,15H2,1-3H3,(H,38,42)(H,40,41). The Labute approximate surface area is 241 Å². The number of halogens is 6. The lowest BCUT2D eigenvalue weighted by Gasteiger charge is -2.34. The van der Waals surface area contributed by atoms with Gasteiger partial charge in [0, 0.05) is 47.6 Å². The number of fused-ring (bicyclic) bond motifs is 3. The Balaban J connectivity index is 1.57. The molecule has 6 nitrogen and oxygen atoms in total. The summed E-state index contributed by atoms with van der Waals surface area (Å²) in [6, 6.07) is 14.7. The lowest BCUT2D eigenvalue weighted by atomic mass is 9.93. The number of hydrogen-bond acceptors (Lipinski definition) is 3. The number of aromatic amines is 1. The maximum atomic E-state index is 14.3. The molecule has 2 amide bonds. The molecule has 0 saturated carbocycles. The van der Waals surface area contributed by atoms with Crippen LogP contribution in [0.25, 0.3) is 44.3 Å². The van der Waals surface area contributed by atoms with Gasteiger partial charge in [-0.15, -0.1) is 0 Å². The molecule has 0 spiro atoms. The molecule has 5 aromatic rings. The van der Waals surface area contributed by atoms with Crippen LogP contribution < -0.4 is 10.6 Å². The lowest BCUT2D eigenvalue weighted by Crippen LogP contribution is -2.58. The molecule has 0 fully saturated rings. The second-order valence-corrected chi connectivity index (χ2v) is 10.3. The van der Waals surface area contributed by atoms with E-state index in [4.69, 9.17) is 4.42 Å². The number of alkyl halides is 5. The van der Waals surface area contributed by atoms with E-state index in [1.165, 1.54) is 49.5 Å². The van der Waals surface area contributed by atoms with Gasteiger partial charge in [0.25, 0.3) is 17.7 Å². The van der Waals surface area contributed by atoms with E-state index in [1.807, 2.05) is 5.32 Å². The normalized spacial score (nSPS) is 13.7. The summed E-state index contributed by atoms with van der Waals surface area (Å²) in [7, 11) is 1.45. The number of aromatic nitrogens is 1. The maximum Gasteiger partial charge on any atom is 0.304 e. The number of amides is 2. The minimum absolute atomic E-state index is 0.0442. The predicted molar refractivity (Wildman–Crippen MR) is 150 cm³/mol. The average Bonchev–Trinajstić information content (AvgIpc) is 3.60. The summed E-state index contributed by atoms with van der Waals surface area (Å²) in [5, 5.41) is 5.43. The smallest absolute Gasteiger partial charge is 0.304 e. The van der Waals surface area contributed by atoms with Gasteiger partial charge >= 0.3 is 5.92 Å². The van der Waals surface area contributed by atoms with Crippen LogP contribution in [0.3, 0.4) is 0 Å². The summed E-state index contributed by atoms with van der Waals surface area (Å²) in [5.41, 5.74) is -1.75. The molecule has 3 aromatic carbocycles. The van der Waals surface area contributed by atoms with Crippen LogP contribution in [-0.2, 0) is 0 Å². The molecule has 224 valence electrons. The summed E-state index contributed by atoms with van der Waals surface area (Å²) >= 11 is 0. The van der Waals surface area contributed by atoms with Crippen molar-refractivity contribution in [1.82, 2.24) is 15.6 Å². The quantitative estimate of drug-likeness (QED) is 0.161. The molecule has 1 atom stereocenters. The number of carbonyl (C=O) groups is 2. The topological polar surface area (TPSA) is 87.1 Å². The van der Waals surface area contributed by atoms with Crippen LogP contribution in [-0.4, -0.2) is 47.9 Å². The molecule has 0 aliphatic rings. The van der Waals surface area contributed by atoms with Crippen molar-refractivity contribution in [2.45, 2.75) is 31.4 Å². The Bertz CT molecular complexity index is 1850. The highest BCUT2D eigenvalue weighted by molar-refractivity contribution is 6.19. The molecule has 12 heteroatoms. The van der Waals surface area contributed by atoms with Gasteiger partial charge in [0.1, 0.15) is 17.2 Å². The van der Waals surface area contributed by atoms with Crippen molar-refractivity contribution in [2.75, 3.05) is 13.6 Å². The molecular weight excluding hydrogens is 576 g/mol. The zero-order valence-electron chi connectivity index (χ0n) is 23.1. The number of hydrogen-bond donors (Lipinski definition) is 3. The molecule has 3 N–H and O–H groups in total. The van der Waals surface area contributed by atoms with Crippen LogP contribution >= 0.6 is 0 Å². The summed E-state index contributed by atoms with van der Waals surface area (Å²) < 4.78 is 89.8. The van der Waals surface area contributed by atoms with Gasteiger partial charge in [-0.2, -0.15) is 0 Å². The maximum absolute atomic E-state index is 14.3. The first-order valence-electron chi connectivity index (χ1n) is 13.0. The highest BCUT2D eigenvalue weighted by Crippen LogP contribution is 2.44. The highest BCUT2D eigenvalue weighted by Gasteiger charge is 2.64. The van der Waals surface area contributed by atoms with Gasteiger partial charge in [0.05, 0.1) is 17.6 Å². The number of H-pyrrole nitrogens is 1. The van der Waals surface area contributed by atoms with Gasteiger partial charge in [0.2, 0.25) is 5.67 Å². The summed E-state index contributed by atoms with van der Waals surface area (Å²) in [4.78, 5) is 28.9. The number of nitrogens with one attached hydrogen (secondary N) is 3. The van der Waals surface area contributed by atoms with E-state index in [0.29, 0.717) is 38.6 Å². The van der Waals surface area contributed by atoms with Gasteiger partial charge < -0.3 is 20.0 Å². The van der Waals surface area contributed by atoms with Crippen molar-refractivity contribution in [1.29, 1.82) is 0 Å². The van der Waals surface area contributed by atoms with E-state index >= 15 is 0 Å². The molecule has 0 radical (unpaired) electrons. The Morgan fingerprint density at radius 3 is 2.23 bits per heavy atom. The molecule has 5 rings (SSSR count). The van der Waals surface area contributed by atoms with Crippen molar-refractivity contribution in [3.8, 4) is 22.5 Å². The first-order chi connectivity index (χ1) is 20.2.